The summed E-state index contributed by atoms with van der Waals surface area (Å²) in [5.41, 5.74) is 1.29. The van der Waals surface area contributed by atoms with Crippen LogP contribution in [0.5, 0.6) is 0 Å². The van der Waals surface area contributed by atoms with E-state index in [1.165, 1.54) is 18.4 Å². The molecule has 0 spiro atoms. The maximum atomic E-state index is 11.0. The van der Waals surface area contributed by atoms with E-state index < -0.39 is 10.8 Å². The summed E-state index contributed by atoms with van der Waals surface area (Å²) in [5.74, 6) is 1.46. The molecule has 1 aliphatic rings. The molecule has 0 aromatic heterocycles. The van der Waals surface area contributed by atoms with Gasteiger partial charge in [-0.05, 0) is 36.5 Å². The molecule has 0 aliphatic heterocycles. The minimum Gasteiger partial charge on any atom is -0.309 e. The van der Waals surface area contributed by atoms with Crippen LogP contribution in [0, 0.1) is 5.92 Å². The lowest BCUT2D eigenvalue weighted by Gasteiger charge is -2.18. The monoisotopic (exact) mass is 271 g/mol. The van der Waals surface area contributed by atoms with E-state index in [1.807, 2.05) is 12.1 Å². The van der Waals surface area contributed by atoms with Crippen molar-refractivity contribution in [2.24, 2.45) is 5.92 Å². The molecule has 0 amide bonds. The fraction of sp³-hybridized carbons (Fsp3) is 0.538. The highest BCUT2D eigenvalue weighted by Gasteiger charge is 2.31. The standard InChI is InChI=1S/C13H18ClNOS/c1-17(16)9-8-15-13(10-2-3-10)11-4-6-12(14)7-5-11/h4-7,10,13,15H,2-3,8-9H2,1H3. The molecule has 94 valence electrons. The zero-order chi connectivity index (χ0) is 12.3. The molecule has 1 aromatic carbocycles. The minimum absolute atomic E-state index is 0.399. The fourth-order valence-electron chi connectivity index (χ4n) is 2.01. The predicted molar refractivity (Wildman–Crippen MR) is 73.9 cm³/mol. The number of hydrogen-bond acceptors (Lipinski definition) is 2. The second-order valence-corrected chi connectivity index (χ2v) is 6.59. The Morgan fingerprint density at radius 2 is 2.06 bits per heavy atom. The molecule has 4 heteroatoms. The highest BCUT2D eigenvalue weighted by Crippen LogP contribution is 2.41. The van der Waals surface area contributed by atoms with E-state index in [9.17, 15) is 4.21 Å². The molecule has 17 heavy (non-hydrogen) atoms. The first-order valence-corrected chi connectivity index (χ1v) is 8.06. The van der Waals surface area contributed by atoms with Crippen LogP contribution in [-0.4, -0.2) is 22.8 Å². The topological polar surface area (TPSA) is 29.1 Å². The molecule has 2 rings (SSSR count). The second kappa shape index (κ2) is 5.98. The lowest BCUT2D eigenvalue weighted by Crippen LogP contribution is -2.27. The van der Waals surface area contributed by atoms with Crippen molar-refractivity contribution < 1.29 is 4.21 Å². The summed E-state index contributed by atoms with van der Waals surface area (Å²) in [6.45, 7) is 0.812. The zero-order valence-electron chi connectivity index (χ0n) is 9.99. The van der Waals surface area contributed by atoms with Crippen LogP contribution >= 0.6 is 11.6 Å². The van der Waals surface area contributed by atoms with Crippen LogP contribution in [0.3, 0.4) is 0 Å². The maximum Gasteiger partial charge on any atom is 0.0406 e. The predicted octanol–water partition coefficient (Wildman–Crippen LogP) is 2.76. The Labute approximate surface area is 110 Å². The average Bonchev–Trinajstić information content (AvgIpc) is 3.10. The van der Waals surface area contributed by atoms with Crippen LogP contribution in [0.1, 0.15) is 24.4 Å². The van der Waals surface area contributed by atoms with Gasteiger partial charge in [-0.1, -0.05) is 23.7 Å². The lowest BCUT2D eigenvalue weighted by atomic mass is 10.0. The van der Waals surface area contributed by atoms with Gasteiger partial charge in [0.05, 0.1) is 0 Å². The van der Waals surface area contributed by atoms with Gasteiger partial charge < -0.3 is 5.32 Å². The third kappa shape index (κ3) is 4.09. The summed E-state index contributed by atoms with van der Waals surface area (Å²) in [5, 5.41) is 4.29. The summed E-state index contributed by atoms with van der Waals surface area (Å²) < 4.78 is 11.0. The van der Waals surface area contributed by atoms with Gasteiger partial charge in [-0.15, -0.1) is 0 Å². The maximum absolute atomic E-state index is 11.0. The Morgan fingerprint density at radius 1 is 1.41 bits per heavy atom. The fourth-order valence-corrected chi connectivity index (χ4v) is 2.55. The van der Waals surface area contributed by atoms with Gasteiger partial charge in [-0.25, -0.2) is 0 Å². The number of benzene rings is 1. The smallest absolute Gasteiger partial charge is 0.0406 e. The molecule has 1 saturated carbocycles. The van der Waals surface area contributed by atoms with Crippen molar-refractivity contribution in [2.45, 2.75) is 18.9 Å². The summed E-state index contributed by atoms with van der Waals surface area (Å²) >= 11 is 5.90. The molecule has 0 radical (unpaired) electrons. The first kappa shape index (κ1) is 13.1. The van der Waals surface area contributed by atoms with E-state index in [1.54, 1.807) is 6.26 Å². The van der Waals surface area contributed by atoms with E-state index in [0.29, 0.717) is 6.04 Å². The van der Waals surface area contributed by atoms with Gasteiger partial charge in [0.25, 0.3) is 0 Å². The number of hydrogen-bond donors (Lipinski definition) is 1. The molecular formula is C13H18ClNOS. The largest absolute Gasteiger partial charge is 0.309 e. The van der Waals surface area contributed by atoms with Gasteiger partial charge in [0.2, 0.25) is 0 Å². The van der Waals surface area contributed by atoms with Crippen molar-refractivity contribution in [3.63, 3.8) is 0 Å². The molecule has 2 nitrogen and oxygen atoms in total. The molecule has 2 unspecified atom stereocenters. The van der Waals surface area contributed by atoms with Crippen LogP contribution in [-0.2, 0) is 10.8 Å². The van der Waals surface area contributed by atoms with Gasteiger partial charge >= 0.3 is 0 Å². The van der Waals surface area contributed by atoms with Gasteiger partial charge in [-0.2, -0.15) is 0 Å². The highest BCUT2D eigenvalue weighted by molar-refractivity contribution is 7.84. The molecule has 1 aromatic rings. The molecule has 2 atom stereocenters. The first-order chi connectivity index (χ1) is 8.16. The highest BCUT2D eigenvalue weighted by atomic mass is 35.5. The SMILES string of the molecule is CS(=O)CCNC(c1ccc(Cl)cc1)C1CC1. The van der Waals surface area contributed by atoms with Crippen LogP contribution in [0.15, 0.2) is 24.3 Å². The van der Waals surface area contributed by atoms with E-state index in [2.05, 4.69) is 17.4 Å². The van der Waals surface area contributed by atoms with Crippen LogP contribution in [0.25, 0.3) is 0 Å². The Bertz CT molecular complexity index is 389. The van der Waals surface area contributed by atoms with E-state index in [0.717, 1.165) is 23.2 Å². The van der Waals surface area contributed by atoms with Gasteiger partial charge in [0.15, 0.2) is 0 Å². The Kier molecular flexibility index (Phi) is 4.60. The summed E-state index contributed by atoms with van der Waals surface area (Å²) in [6.07, 6.45) is 4.32. The molecule has 0 bridgehead atoms. The quantitative estimate of drug-likeness (QED) is 0.862. The molecule has 1 fully saturated rings. The summed E-state index contributed by atoms with van der Waals surface area (Å²) in [4.78, 5) is 0. The van der Waals surface area contributed by atoms with Gasteiger partial charge in [0, 0.05) is 40.4 Å². The minimum atomic E-state index is -0.718. The Balaban J connectivity index is 1.97. The molecule has 0 heterocycles. The van der Waals surface area contributed by atoms with Crippen molar-refractivity contribution in [1.82, 2.24) is 5.32 Å². The molecule has 0 saturated heterocycles. The van der Waals surface area contributed by atoms with Crippen molar-refractivity contribution >= 4 is 22.4 Å². The van der Waals surface area contributed by atoms with Crippen molar-refractivity contribution in [2.75, 3.05) is 18.6 Å². The summed E-state index contributed by atoms with van der Waals surface area (Å²) in [6, 6.07) is 8.44. The van der Waals surface area contributed by atoms with Crippen LogP contribution in [0.2, 0.25) is 5.02 Å². The lowest BCUT2D eigenvalue weighted by molar-refractivity contribution is 0.497. The van der Waals surface area contributed by atoms with E-state index in [-0.39, 0.29) is 0 Å². The number of nitrogens with one attached hydrogen (secondary N) is 1. The number of rotatable bonds is 6. The van der Waals surface area contributed by atoms with Gasteiger partial charge in [-0.3, -0.25) is 4.21 Å². The van der Waals surface area contributed by atoms with E-state index >= 15 is 0 Å². The van der Waals surface area contributed by atoms with Crippen molar-refractivity contribution in [1.29, 1.82) is 0 Å². The zero-order valence-corrected chi connectivity index (χ0v) is 11.6. The Morgan fingerprint density at radius 3 is 2.59 bits per heavy atom. The third-order valence-corrected chi connectivity index (χ3v) is 4.11. The van der Waals surface area contributed by atoms with Crippen molar-refractivity contribution in [3.05, 3.63) is 34.9 Å². The van der Waals surface area contributed by atoms with E-state index in [4.69, 9.17) is 11.6 Å². The second-order valence-electron chi connectivity index (χ2n) is 4.60. The van der Waals surface area contributed by atoms with Gasteiger partial charge in [0.1, 0.15) is 0 Å². The first-order valence-electron chi connectivity index (χ1n) is 5.95. The Hall–Kier alpha value is -0.380. The normalized spacial score (nSPS) is 18.9. The van der Waals surface area contributed by atoms with Crippen molar-refractivity contribution in [3.8, 4) is 0 Å². The van der Waals surface area contributed by atoms with Crippen LogP contribution in [0.4, 0.5) is 0 Å². The average molecular weight is 272 g/mol. The third-order valence-electron chi connectivity index (χ3n) is 3.08. The number of halogens is 1. The molecule has 1 aliphatic carbocycles. The summed E-state index contributed by atoms with van der Waals surface area (Å²) in [7, 11) is -0.718. The molecular weight excluding hydrogens is 254 g/mol. The van der Waals surface area contributed by atoms with Crippen LogP contribution < -0.4 is 5.32 Å². The molecule has 1 N–H and O–H groups in total.